The highest BCUT2D eigenvalue weighted by atomic mass is 16.7. The Morgan fingerprint density at radius 2 is 1.97 bits per heavy atom. The molecule has 0 saturated heterocycles. The van der Waals surface area contributed by atoms with E-state index in [-0.39, 0.29) is 5.78 Å². The van der Waals surface area contributed by atoms with Crippen LogP contribution in [0.25, 0.3) is 21.8 Å². The molecule has 0 bridgehead atoms. The van der Waals surface area contributed by atoms with Crippen molar-refractivity contribution in [3.05, 3.63) is 77.6 Å². The number of hydrogen-bond donors (Lipinski definition) is 0. The molecule has 1 aliphatic heterocycles. The van der Waals surface area contributed by atoms with E-state index in [1.54, 1.807) is 24.5 Å². The topological polar surface area (TPSA) is 73.5 Å². The molecular weight excluding hydrogens is 366 g/mol. The third-order valence-electron chi connectivity index (χ3n) is 5.24. The van der Waals surface area contributed by atoms with Crippen LogP contribution in [0, 0.1) is 0 Å². The summed E-state index contributed by atoms with van der Waals surface area (Å²) in [6, 6.07) is 15.3. The molecule has 0 atom stereocenters. The van der Waals surface area contributed by atoms with E-state index in [9.17, 15) is 9.59 Å². The molecule has 0 aliphatic carbocycles. The molecule has 0 fully saturated rings. The SMILES string of the molecule is CC(=O)O/N=C1\CCn2c3ccc(C(=O)c4cccnc4)cc3c3cccc1c32. The van der Waals surface area contributed by atoms with Crippen molar-refractivity contribution in [3.8, 4) is 0 Å². The van der Waals surface area contributed by atoms with E-state index in [4.69, 9.17) is 4.84 Å². The van der Waals surface area contributed by atoms with Crippen LogP contribution >= 0.6 is 0 Å². The quantitative estimate of drug-likeness (QED) is 0.303. The molecule has 0 spiro atoms. The van der Waals surface area contributed by atoms with Gasteiger partial charge in [-0.2, -0.15) is 0 Å². The van der Waals surface area contributed by atoms with Crippen molar-refractivity contribution in [1.29, 1.82) is 0 Å². The molecule has 6 nitrogen and oxygen atoms in total. The highest BCUT2D eigenvalue weighted by molar-refractivity contribution is 6.20. The first-order chi connectivity index (χ1) is 14.1. The van der Waals surface area contributed by atoms with Gasteiger partial charge in [0.1, 0.15) is 0 Å². The highest BCUT2D eigenvalue weighted by Gasteiger charge is 2.23. The Hall–Kier alpha value is -3.80. The lowest BCUT2D eigenvalue weighted by Crippen LogP contribution is -2.15. The molecule has 1 aliphatic rings. The van der Waals surface area contributed by atoms with Gasteiger partial charge in [0.25, 0.3) is 0 Å². The minimum atomic E-state index is -0.436. The van der Waals surface area contributed by atoms with Crippen LogP contribution in [0.1, 0.15) is 34.8 Å². The monoisotopic (exact) mass is 383 g/mol. The van der Waals surface area contributed by atoms with Crippen LogP contribution in [0.3, 0.4) is 0 Å². The van der Waals surface area contributed by atoms with Gasteiger partial charge >= 0.3 is 5.97 Å². The summed E-state index contributed by atoms with van der Waals surface area (Å²) in [5.74, 6) is -0.488. The second kappa shape index (κ2) is 6.67. The maximum atomic E-state index is 12.9. The third kappa shape index (κ3) is 2.81. The second-order valence-corrected chi connectivity index (χ2v) is 7.03. The van der Waals surface area contributed by atoms with Crippen molar-refractivity contribution >= 4 is 39.3 Å². The summed E-state index contributed by atoms with van der Waals surface area (Å²) in [6.45, 7) is 2.07. The summed E-state index contributed by atoms with van der Waals surface area (Å²) in [7, 11) is 0. The summed E-state index contributed by atoms with van der Waals surface area (Å²) < 4.78 is 2.24. The van der Waals surface area contributed by atoms with Crippen LogP contribution < -0.4 is 0 Å². The number of oxime groups is 1. The maximum Gasteiger partial charge on any atom is 0.331 e. The number of ketones is 1. The van der Waals surface area contributed by atoms with Gasteiger partial charge in [0, 0.05) is 65.3 Å². The van der Waals surface area contributed by atoms with Gasteiger partial charge < -0.3 is 9.40 Å². The molecule has 0 saturated carbocycles. The van der Waals surface area contributed by atoms with Crippen LogP contribution in [-0.4, -0.2) is 27.0 Å². The molecule has 5 rings (SSSR count). The van der Waals surface area contributed by atoms with Crippen LogP contribution in [0.5, 0.6) is 0 Å². The fourth-order valence-corrected chi connectivity index (χ4v) is 4.00. The molecule has 0 N–H and O–H groups in total. The van der Waals surface area contributed by atoms with E-state index in [1.165, 1.54) is 6.92 Å². The number of hydrogen-bond acceptors (Lipinski definition) is 5. The first-order valence-electron chi connectivity index (χ1n) is 9.38. The lowest BCUT2D eigenvalue weighted by Gasteiger charge is -2.17. The van der Waals surface area contributed by atoms with Crippen LogP contribution in [0.2, 0.25) is 0 Å². The van der Waals surface area contributed by atoms with E-state index in [1.807, 2.05) is 36.4 Å². The Kier molecular flexibility index (Phi) is 3.98. The first-order valence-corrected chi connectivity index (χ1v) is 9.38. The fourth-order valence-electron chi connectivity index (χ4n) is 4.00. The number of carbonyl (C=O) groups excluding carboxylic acids is 2. The smallest absolute Gasteiger partial charge is 0.331 e. The zero-order chi connectivity index (χ0) is 20.0. The summed E-state index contributed by atoms with van der Waals surface area (Å²) in [4.78, 5) is 33.0. The van der Waals surface area contributed by atoms with E-state index in [2.05, 4.69) is 14.7 Å². The molecule has 4 aromatic rings. The molecule has 29 heavy (non-hydrogen) atoms. The predicted octanol–water partition coefficient (Wildman–Crippen LogP) is 4.09. The van der Waals surface area contributed by atoms with Gasteiger partial charge in [-0.25, -0.2) is 4.79 Å². The number of aromatic nitrogens is 2. The molecule has 3 heterocycles. The molecular formula is C23H17N3O3. The number of pyridine rings is 1. The van der Waals surface area contributed by atoms with Gasteiger partial charge in [-0.15, -0.1) is 0 Å². The van der Waals surface area contributed by atoms with Crippen molar-refractivity contribution in [2.24, 2.45) is 5.16 Å². The van der Waals surface area contributed by atoms with Crippen LogP contribution in [0.15, 0.2) is 66.1 Å². The van der Waals surface area contributed by atoms with Gasteiger partial charge in [0.05, 0.1) is 11.2 Å². The normalized spacial score (nSPS) is 14.4. The average molecular weight is 383 g/mol. The Morgan fingerprint density at radius 1 is 1.07 bits per heavy atom. The van der Waals surface area contributed by atoms with Gasteiger partial charge in [-0.3, -0.25) is 9.78 Å². The number of fused-ring (bicyclic) bond motifs is 3. The van der Waals surface area contributed by atoms with E-state index < -0.39 is 5.97 Å². The Bertz CT molecular complexity index is 1320. The lowest BCUT2D eigenvalue weighted by molar-refractivity contribution is -0.140. The van der Waals surface area contributed by atoms with Crippen molar-refractivity contribution in [3.63, 3.8) is 0 Å². The van der Waals surface area contributed by atoms with Gasteiger partial charge in [-0.1, -0.05) is 23.4 Å². The molecule has 2 aromatic heterocycles. The van der Waals surface area contributed by atoms with Crippen molar-refractivity contribution < 1.29 is 14.4 Å². The van der Waals surface area contributed by atoms with E-state index in [0.29, 0.717) is 17.5 Å². The number of nitrogens with zero attached hydrogens (tertiary/aromatic N) is 3. The fraction of sp³-hybridized carbons (Fsp3) is 0.130. The number of para-hydroxylation sites is 1. The number of rotatable bonds is 3. The Labute approximate surface area is 166 Å². The molecule has 0 unspecified atom stereocenters. The number of benzene rings is 2. The summed E-state index contributed by atoms with van der Waals surface area (Å²) >= 11 is 0. The average Bonchev–Trinajstić information content (AvgIpc) is 3.08. The predicted molar refractivity (Wildman–Crippen MR) is 110 cm³/mol. The lowest BCUT2D eigenvalue weighted by atomic mass is 10.00. The molecule has 6 heteroatoms. The van der Waals surface area contributed by atoms with Crippen molar-refractivity contribution in [1.82, 2.24) is 9.55 Å². The largest absolute Gasteiger partial charge is 0.340 e. The van der Waals surface area contributed by atoms with E-state index in [0.717, 1.165) is 39.6 Å². The van der Waals surface area contributed by atoms with Gasteiger partial charge in [0.15, 0.2) is 5.78 Å². The number of aryl methyl sites for hydroxylation is 1. The highest BCUT2D eigenvalue weighted by Crippen LogP contribution is 2.35. The van der Waals surface area contributed by atoms with Crippen LogP contribution in [-0.2, 0) is 16.2 Å². The van der Waals surface area contributed by atoms with Crippen LogP contribution in [0.4, 0.5) is 0 Å². The maximum absolute atomic E-state index is 12.9. The first kappa shape index (κ1) is 17.3. The second-order valence-electron chi connectivity index (χ2n) is 7.03. The Morgan fingerprint density at radius 3 is 2.76 bits per heavy atom. The summed E-state index contributed by atoms with van der Waals surface area (Å²) in [5.41, 5.74) is 5.02. The summed E-state index contributed by atoms with van der Waals surface area (Å²) in [5, 5.41) is 6.12. The van der Waals surface area contributed by atoms with Crippen molar-refractivity contribution in [2.45, 2.75) is 19.9 Å². The molecule has 0 amide bonds. The van der Waals surface area contributed by atoms with E-state index >= 15 is 0 Å². The minimum absolute atomic E-state index is 0.0518. The van der Waals surface area contributed by atoms with Gasteiger partial charge in [0.2, 0.25) is 0 Å². The summed E-state index contributed by atoms with van der Waals surface area (Å²) in [6.07, 6.45) is 3.90. The minimum Gasteiger partial charge on any atom is -0.340 e. The molecule has 2 aromatic carbocycles. The zero-order valence-corrected chi connectivity index (χ0v) is 15.8. The third-order valence-corrected chi connectivity index (χ3v) is 5.24. The zero-order valence-electron chi connectivity index (χ0n) is 15.8. The van der Waals surface area contributed by atoms with Gasteiger partial charge in [-0.05, 0) is 30.3 Å². The standard InChI is InChI=1S/C23H17N3O3/c1-14(27)29-25-20-9-11-26-21-8-7-15(23(28)16-4-3-10-24-13-16)12-19(21)17-5-2-6-18(20)22(17)26/h2-8,10,12-13H,9,11H2,1H3/b25-20+. The molecule has 142 valence electrons. The molecule has 0 radical (unpaired) electrons. The van der Waals surface area contributed by atoms with Crippen molar-refractivity contribution in [2.75, 3.05) is 0 Å². The Balaban J connectivity index is 1.69. The number of carbonyl (C=O) groups is 2.